The molecule has 0 aliphatic heterocycles. The Balaban J connectivity index is 2.18. The van der Waals surface area contributed by atoms with E-state index in [9.17, 15) is 14.7 Å². The molecule has 5 nitrogen and oxygen atoms in total. The van der Waals surface area contributed by atoms with Gasteiger partial charge in [-0.15, -0.1) is 0 Å². The third-order valence-corrected chi connectivity index (χ3v) is 3.89. The highest BCUT2D eigenvalue weighted by Crippen LogP contribution is 2.12. The number of carbonyl (C=O) groups is 2. The molecule has 0 amide bonds. The molecule has 0 saturated heterocycles. The summed E-state index contributed by atoms with van der Waals surface area (Å²) in [5.41, 5.74) is 6.57. The topological polar surface area (TPSA) is 89.6 Å². The molecule has 0 radical (unpaired) electrons. The highest BCUT2D eigenvalue weighted by molar-refractivity contribution is 5.88. The summed E-state index contributed by atoms with van der Waals surface area (Å²) >= 11 is 0. The number of carbonyl (C=O) groups excluding carboxylic acids is 2. The zero-order valence-corrected chi connectivity index (χ0v) is 14.5. The molecule has 0 heterocycles. The zero-order chi connectivity index (χ0) is 17.8. The first-order valence-corrected chi connectivity index (χ1v) is 8.81. The fourth-order valence-electron chi connectivity index (χ4n) is 2.43. The summed E-state index contributed by atoms with van der Waals surface area (Å²) in [7, 11) is 0. The smallest absolute Gasteiger partial charge is 0.330 e. The molecule has 1 aromatic carbocycles. The van der Waals surface area contributed by atoms with Gasteiger partial charge in [-0.05, 0) is 30.5 Å². The van der Waals surface area contributed by atoms with Crippen molar-refractivity contribution in [3.05, 3.63) is 29.8 Å². The van der Waals surface area contributed by atoms with Crippen molar-refractivity contribution >= 4 is 11.9 Å². The highest BCUT2D eigenvalue weighted by Gasteiger charge is 2.19. The van der Waals surface area contributed by atoms with Crippen LogP contribution in [0.4, 0.5) is 0 Å². The van der Waals surface area contributed by atoms with Crippen LogP contribution >= 0.6 is 0 Å². The van der Waals surface area contributed by atoms with Gasteiger partial charge in [0.2, 0.25) is 0 Å². The van der Waals surface area contributed by atoms with Gasteiger partial charge in [0.25, 0.3) is 0 Å². The molecule has 134 valence electrons. The van der Waals surface area contributed by atoms with Crippen molar-refractivity contribution in [2.24, 2.45) is 5.73 Å². The lowest BCUT2D eigenvalue weighted by molar-refractivity contribution is -0.160. The van der Waals surface area contributed by atoms with Gasteiger partial charge in [-0.1, -0.05) is 57.6 Å². The predicted octanol–water partition coefficient (Wildman–Crippen LogP) is 3.47. The van der Waals surface area contributed by atoms with Gasteiger partial charge < -0.3 is 15.6 Å². The summed E-state index contributed by atoms with van der Waals surface area (Å²) in [4.78, 5) is 23.5. The number of esters is 2. The molecule has 0 aromatic heterocycles. The number of hydrogen-bond acceptors (Lipinski definition) is 5. The largest absolute Gasteiger partial charge is 0.508 e. The van der Waals surface area contributed by atoms with E-state index >= 15 is 0 Å². The van der Waals surface area contributed by atoms with Crippen LogP contribution in [0.15, 0.2) is 24.3 Å². The standard InChI is InChI=1S/C19H29NO4/c1-2-3-4-5-6-7-8-9-18(22)24-19(23)17(20)14-15-10-12-16(21)13-11-15/h10-13,17,21H,2-9,14,20H2,1H3/t17-/m0/s1. The molecule has 24 heavy (non-hydrogen) atoms. The Morgan fingerprint density at radius 2 is 1.62 bits per heavy atom. The van der Waals surface area contributed by atoms with Crippen molar-refractivity contribution in [3.63, 3.8) is 0 Å². The first-order valence-electron chi connectivity index (χ1n) is 8.81. The number of aromatic hydroxyl groups is 1. The number of unbranched alkanes of at least 4 members (excludes halogenated alkanes) is 6. The van der Waals surface area contributed by atoms with Gasteiger partial charge in [0.05, 0.1) is 0 Å². The molecular formula is C19H29NO4. The van der Waals surface area contributed by atoms with Crippen molar-refractivity contribution in [2.75, 3.05) is 0 Å². The third-order valence-electron chi connectivity index (χ3n) is 3.89. The predicted molar refractivity (Wildman–Crippen MR) is 93.5 cm³/mol. The number of ether oxygens (including phenoxy) is 1. The van der Waals surface area contributed by atoms with Crippen LogP contribution in [-0.2, 0) is 20.7 Å². The van der Waals surface area contributed by atoms with Crippen LogP contribution in [-0.4, -0.2) is 23.1 Å². The quantitative estimate of drug-likeness (QED) is 0.367. The van der Waals surface area contributed by atoms with Crippen molar-refractivity contribution in [3.8, 4) is 5.75 Å². The van der Waals surface area contributed by atoms with Crippen LogP contribution in [0.5, 0.6) is 5.75 Å². The molecule has 0 spiro atoms. The summed E-state index contributed by atoms with van der Waals surface area (Å²) in [6.45, 7) is 2.18. The van der Waals surface area contributed by atoms with E-state index in [4.69, 9.17) is 10.5 Å². The van der Waals surface area contributed by atoms with Crippen LogP contribution in [0, 0.1) is 0 Å². The fraction of sp³-hybridized carbons (Fsp3) is 0.579. The molecular weight excluding hydrogens is 306 g/mol. The molecule has 3 N–H and O–H groups in total. The number of rotatable bonds is 11. The van der Waals surface area contributed by atoms with Gasteiger partial charge in [0.1, 0.15) is 11.8 Å². The van der Waals surface area contributed by atoms with E-state index in [0.29, 0.717) is 0 Å². The van der Waals surface area contributed by atoms with E-state index in [1.165, 1.54) is 37.8 Å². The van der Waals surface area contributed by atoms with E-state index in [2.05, 4.69) is 6.92 Å². The molecule has 1 atom stereocenters. The minimum atomic E-state index is -0.882. The SMILES string of the molecule is CCCCCCCCCC(=O)OC(=O)[C@@H](N)Cc1ccc(O)cc1. The average molecular weight is 335 g/mol. The van der Waals surface area contributed by atoms with Crippen LogP contribution in [0.1, 0.15) is 63.9 Å². The Morgan fingerprint density at radius 3 is 2.25 bits per heavy atom. The first-order chi connectivity index (χ1) is 11.5. The fourth-order valence-corrected chi connectivity index (χ4v) is 2.43. The summed E-state index contributed by atoms with van der Waals surface area (Å²) in [5.74, 6) is -1.05. The molecule has 0 bridgehead atoms. The maximum Gasteiger partial charge on any atom is 0.330 e. The van der Waals surface area contributed by atoms with Gasteiger partial charge in [0.15, 0.2) is 0 Å². The normalized spacial score (nSPS) is 11.9. The Morgan fingerprint density at radius 1 is 1.04 bits per heavy atom. The molecule has 1 aromatic rings. The van der Waals surface area contributed by atoms with E-state index in [0.717, 1.165) is 24.8 Å². The lowest BCUT2D eigenvalue weighted by atomic mass is 10.1. The molecule has 5 heteroatoms. The second-order valence-corrected chi connectivity index (χ2v) is 6.14. The average Bonchev–Trinajstić information content (AvgIpc) is 2.56. The lowest BCUT2D eigenvalue weighted by Gasteiger charge is -2.10. The second-order valence-electron chi connectivity index (χ2n) is 6.14. The molecule has 1 rings (SSSR count). The summed E-state index contributed by atoms with van der Waals surface area (Å²) in [6.07, 6.45) is 8.27. The number of hydrogen-bond donors (Lipinski definition) is 2. The van der Waals surface area contributed by atoms with E-state index in [-0.39, 0.29) is 18.6 Å². The van der Waals surface area contributed by atoms with Crippen molar-refractivity contribution in [1.82, 2.24) is 0 Å². The van der Waals surface area contributed by atoms with Gasteiger partial charge >= 0.3 is 11.9 Å². The van der Waals surface area contributed by atoms with Crippen molar-refractivity contribution < 1.29 is 19.4 Å². The maximum atomic E-state index is 11.8. The van der Waals surface area contributed by atoms with E-state index < -0.39 is 18.0 Å². The van der Waals surface area contributed by atoms with E-state index in [1.807, 2.05) is 0 Å². The number of phenols is 1. The molecule has 0 aliphatic carbocycles. The number of phenolic OH excluding ortho intramolecular Hbond substituents is 1. The minimum absolute atomic E-state index is 0.153. The Bertz CT molecular complexity index is 499. The summed E-state index contributed by atoms with van der Waals surface area (Å²) in [6, 6.07) is 5.54. The highest BCUT2D eigenvalue weighted by atomic mass is 16.6. The zero-order valence-electron chi connectivity index (χ0n) is 14.5. The first kappa shape index (κ1) is 20.2. The Labute approximate surface area is 144 Å². The van der Waals surface area contributed by atoms with Crippen molar-refractivity contribution in [2.45, 2.75) is 70.8 Å². The summed E-state index contributed by atoms with van der Waals surface area (Å²) < 4.78 is 4.80. The Hall–Kier alpha value is -1.88. The molecule has 0 aliphatic rings. The van der Waals surface area contributed by atoms with Crippen LogP contribution in [0.2, 0.25) is 0 Å². The molecule has 0 fully saturated rings. The van der Waals surface area contributed by atoms with Gasteiger partial charge in [0, 0.05) is 6.42 Å². The second kappa shape index (κ2) is 11.6. The van der Waals surface area contributed by atoms with Crippen molar-refractivity contribution in [1.29, 1.82) is 0 Å². The third kappa shape index (κ3) is 8.67. The van der Waals surface area contributed by atoms with Gasteiger partial charge in [-0.2, -0.15) is 0 Å². The lowest BCUT2D eigenvalue weighted by Crippen LogP contribution is -2.35. The van der Waals surface area contributed by atoms with Gasteiger partial charge in [-0.3, -0.25) is 4.79 Å². The Kier molecular flexibility index (Phi) is 9.77. The number of benzene rings is 1. The molecule has 0 saturated carbocycles. The summed E-state index contributed by atoms with van der Waals surface area (Å²) in [5, 5.41) is 9.21. The van der Waals surface area contributed by atoms with Gasteiger partial charge in [-0.25, -0.2) is 4.79 Å². The van der Waals surface area contributed by atoms with E-state index in [1.54, 1.807) is 12.1 Å². The van der Waals surface area contributed by atoms with Crippen LogP contribution in [0.3, 0.4) is 0 Å². The van der Waals surface area contributed by atoms with Crippen LogP contribution < -0.4 is 5.73 Å². The minimum Gasteiger partial charge on any atom is -0.508 e. The number of nitrogens with two attached hydrogens (primary N) is 1. The molecule has 0 unspecified atom stereocenters. The van der Waals surface area contributed by atoms with Crippen LogP contribution in [0.25, 0.3) is 0 Å². The monoisotopic (exact) mass is 335 g/mol. The maximum absolute atomic E-state index is 11.8.